The van der Waals surface area contributed by atoms with Crippen LogP contribution in [0, 0.1) is 6.92 Å². The van der Waals surface area contributed by atoms with Crippen LogP contribution in [-0.4, -0.2) is 34.5 Å². The van der Waals surface area contributed by atoms with E-state index in [9.17, 15) is 9.59 Å². The molecule has 0 unspecified atom stereocenters. The van der Waals surface area contributed by atoms with Crippen molar-refractivity contribution in [3.8, 4) is 0 Å². The number of carbonyl (C=O) groups excluding carboxylic acids is 1. The van der Waals surface area contributed by atoms with Crippen molar-refractivity contribution in [2.45, 2.75) is 33.2 Å². The maximum Gasteiger partial charge on any atom is 0.305 e. The number of carboxylic acid groups (broad SMARTS) is 1. The predicted molar refractivity (Wildman–Crippen MR) is 74.6 cm³/mol. The summed E-state index contributed by atoms with van der Waals surface area (Å²) in [6, 6.07) is 5.14. The summed E-state index contributed by atoms with van der Waals surface area (Å²) < 4.78 is 0. The van der Waals surface area contributed by atoms with Crippen LogP contribution >= 0.6 is 11.6 Å². The van der Waals surface area contributed by atoms with Gasteiger partial charge in [-0.05, 0) is 38.5 Å². The Labute approximate surface area is 118 Å². The molecule has 1 rings (SSSR count). The van der Waals surface area contributed by atoms with E-state index in [1.165, 1.54) is 4.90 Å². The van der Waals surface area contributed by atoms with Gasteiger partial charge in [0.25, 0.3) is 5.91 Å². The average molecular weight is 284 g/mol. The van der Waals surface area contributed by atoms with Crippen LogP contribution in [0.15, 0.2) is 18.2 Å². The third-order valence-corrected chi connectivity index (χ3v) is 3.12. The topological polar surface area (TPSA) is 57.6 Å². The van der Waals surface area contributed by atoms with Crippen LogP contribution in [0.2, 0.25) is 5.02 Å². The third kappa shape index (κ3) is 4.24. The minimum atomic E-state index is -0.923. The normalized spacial score (nSPS) is 10.6. The van der Waals surface area contributed by atoms with Gasteiger partial charge < -0.3 is 10.0 Å². The second kappa shape index (κ2) is 6.57. The molecule has 0 aliphatic carbocycles. The maximum absolute atomic E-state index is 12.4. The lowest BCUT2D eigenvalue weighted by atomic mass is 10.1. The molecule has 0 bridgehead atoms. The molecule has 104 valence electrons. The number of halogens is 1. The molecule has 4 nitrogen and oxygen atoms in total. The SMILES string of the molecule is Cc1ccc(C(=O)N(CCC(=O)O)C(C)C)c(Cl)c1. The van der Waals surface area contributed by atoms with E-state index in [0.717, 1.165) is 5.56 Å². The number of amides is 1. The molecule has 19 heavy (non-hydrogen) atoms. The Balaban J connectivity index is 2.95. The highest BCUT2D eigenvalue weighted by molar-refractivity contribution is 6.33. The van der Waals surface area contributed by atoms with Crippen LogP contribution < -0.4 is 0 Å². The van der Waals surface area contributed by atoms with Gasteiger partial charge in [0.15, 0.2) is 0 Å². The van der Waals surface area contributed by atoms with Gasteiger partial charge in [0.1, 0.15) is 0 Å². The number of rotatable bonds is 5. The van der Waals surface area contributed by atoms with Crippen molar-refractivity contribution in [1.82, 2.24) is 4.90 Å². The van der Waals surface area contributed by atoms with E-state index in [1.54, 1.807) is 12.1 Å². The minimum Gasteiger partial charge on any atom is -0.481 e. The van der Waals surface area contributed by atoms with Gasteiger partial charge in [-0.3, -0.25) is 9.59 Å². The van der Waals surface area contributed by atoms with Crippen LogP contribution in [-0.2, 0) is 4.79 Å². The zero-order valence-corrected chi connectivity index (χ0v) is 12.1. The molecular weight excluding hydrogens is 266 g/mol. The summed E-state index contributed by atoms with van der Waals surface area (Å²) in [6.45, 7) is 5.77. The highest BCUT2D eigenvalue weighted by Gasteiger charge is 2.21. The van der Waals surface area contributed by atoms with E-state index in [0.29, 0.717) is 10.6 Å². The van der Waals surface area contributed by atoms with Gasteiger partial charge >= 0.3 is 5.97 Å². The number of hydrogen-bond acceptors (Lipinski definition) is 2. The summed E-state index contributed by atoms with van der Waals surface area (Å²) in [6.07, 6.45) is -0.0760. The van der Waals surface area contributed by atoms with E-state index in [2.05, 4.69) is 0 Å². The highest BCUT2D eigenvalue weighted by Crippen LogP contribution is 2.20. The van der Waals surface area contributed by atoms with Crippen molar-refractivity contribution in [2.75, 3.05) is 6.54 Å². The van der Waals surface area contributed by atoms with Crippen molar-refractivity contribution >= 4 is 23.5 Å². The predicted octanol–water partition coefficient (Wildman–Crippen LogP) is 2.97. The number of nitrogens with zero attached hydrogens (tertiary/aromatic N) is 1. The van der Waals surface area contributed by atoms with Gasteiger partial charge in [-0.25, -0.2) is 0 Å². The largest absolute Gasteiger partial charge is 0.481 e. The van der Waals surface area contributed by atoms with Gasteiger partial charge in [-0.1, -0.05) is 17.7 Å². The van der Waals surface area contributed by atoms with Crippen LogP contribution in [0.5, 0.6) is 0 Å². The van der Waals surface area contributed by atoms with E-state index in [1.807, 2.05) is 26.8 Å². The Morgan fingerprint density at radius 2 is 2.00 bits per heavy atom. The molecule has 0 saturated heterocycles. The highest BCUT2D eigenvalue weighted by atomic mass is 35.5. The number of benzene rings is 1. The van der Waals surface area contributed by atoms with Crippen molar-refractivity contribution in [3.63, 3.8) is 0 Å². The molecule has 0 aromatic heterocycles. The quantitative estimate of drug-likeness (QED) is 0.904. The molecule has 0 saturated carbocycles. The zero-order valence-electron chi connectivity index (χ0n) is 11.3. The molecule has 0 radical (unpaired) electrons. The Morgan fingerprint density at radius 3 is 2.47 bits per heavy atom. The molecule has 1 aromatic carbocycles. The minimum absolute atomic E-state index is 0.0760. The summed E-state index contributed by atoms with van der Waals surface area (Å²) >= 11 is 6.07. The molecule has 0 heterocycles. The van der Waals surface area contributed by atoms with E-state index >= 15 is 0 Å². The number of carbonyl (C=O) groups is 2. The first-order chi connectivity index (χ1) is 8.82. The monoisotopic (exact) mass is 283 g/mol. The standard InChI is InChI=1S/C14H18ClNO3/c1-9(2)16(7-6-13(17)18)14(19)11-5-4-10(3)8-12(11)15/h4-5,8-9H,6-7H2,1-3H3,(H,17,18). The fourth-order valence-corrected chi connectivity index (χ4v) is 2.07. The summed E-state index contributed by atoms with van der Waals surface area (Å²) in [7, 11) is 0. The average Bonchev–Trinajstić information content (AvgIpc) is 2.27. The van der Waals surface area contributed by atoms with Gasteiger partial charge in [-0.2, -0.15) is 0 Å². The second-order valence-corrected chi connectivity index (χ2v) is 5.13. The van der Waals surface area contributed by atoms with Gasteiger partial charge in [0.2, 0.25) is 0 Å². The molecule has 1 aromatic rings. The maximum atomic E-state index is 12.4. The molecular formula is C14H18ClNO3. The van der Waals surface area contributed by atoms with Crippen molar-refractivity contribution < 1.29 is 14.7 Å². The molecule has 0 aliphatic heterocycles. The molecule has 0 fully saturated rings. The molecule has 0 spiro atoms. The Morgan fingerprint density at radius 1 is 1.37 bits per heavy atom. The molecule has 0 atom stereocenters. The number of hydrogen-bond donors (Lipinski definition) is 1. The van der Waals surface area contributed by atoms with Crippen molar-refractivity contribution in [1.29, 1.82) is 0 Å². The van der Waals surface area contributed by atoms with Crippen LogP contribution in [0.4, 0.5) is 0 Å². The van der Waals surface area contributed by atoms with Crippen LogP contribution in [0.1, 0.15) is 36.2 Å². The summed E-state index contributed by atoms with van der Waals surface area (Å²) in [5.74, 6) is -1.16. The smallest absolute Gasteiger partial charge is 0.305 e. The zero-order chi connectivity index (χ0) is 14.6. The molecule has 0 aliphatic rings. The summed E-state index contributed by atoms with van der Waals surface area (Å²) in [5, 5.41) is 9.12. The lowest BCUT2D eigenvalue weighted by Crippen LogP contribution is -2.38. The first kappa shape index (κ1) is 15.5. The van der Waals surface area contributed by atoms with Gasteiger partial charge in [0, 0.05) is 12.6 Å². The second-order valence-electron chi connectivity index (χ2n) is 4.72. The number of aryl methyl sites for hydroxylation is 1. The number of aliphatic carboxylic acids is 1. The van der Waals surface area contributed by atoms with E-state index in [4.69, 9.17) is 16.7 Å². The summed E-state index contributed by atoms with van der Waals surface area (Å²) in [5.41, 5.74) is 1.38. The lowest BCUT2D eigenvalue weighted by Gasteiger charge is -2.26. The Hall–Kier alpha value is -1.55. The van der Waals surface area contributed by atoms with Gasteiger partial charge in [-0.15, -0.1) is 0 Å². The first-order valence-corrected chi connectivity index (χ1v) is 6.49. The van der Waals surface area contributed by atoms with Crippen molar-refractivity contribution in [2.24, 2.45) is 0 Å². The third-order valence-electron chi connectivity index (χ3n) is 2.81. The van der Waals surface area contributed by atoms with E-state index in [-0.39, 0.29) is 24.9 Å². The Bertz CT molecular complexity index is 486. The van der Waals surface area contributed by atoms with Gasteiger partial charge in [0.05, 0.1) is 17.0 Å². The van der Waals surface area contributed by atoms with Crippen molar-refractivity contribution in [3.05, 3.63) is 34.3 Å². The Kier molecular flexibility index (Phi) is 5.36. The van der Waals surface area contributed by atoms with Crippen LogP contribution in [0.3, 0.4) is 0 Å². The van der Waals surface area contributed by atoms with E-state index < -0.39 is 5.97 Å². The fourth-order valence-electron chi connectivity index (χ4n) is 1.76. The lowest BCUT2D eigenvalue weighted by molar-refractivity contribution is -0.137. The molecule has 1 amide bonds. The summed E-state index contributed by atoms with van der Waals surface area (Å²) in [4.78, 5) is 24.5. The molecule has 1 N–H and O–H groups in total. The molecule has 5 heteroatoms. The first-order valence-electron chi connectivity index (χ1n) is 6.12. The fraction of sp³-hybridized carbons (Fsp3) is 0.429. The van der Waals surface area contributed by atoms with Crippen LogP contribution in [0.25, 0.3) is 0 Å². The number of carboxylic acids is 1.